The normalized spacial score (nSPS) is 16.2. The maximum Gasteiger partial charge on any atom is 0.416 e. The van der Waals surface area contributed by atoms with Crippen molar-refractivity contribution in [1.82, 2.24) is 14.9 Å². The van der Waals surface area contributed by atoms with Gasteiger partial charge in [0.1, 0.15) is 11.8 Å². The maximum atomic E-state index is 13.0. The van der Waals surface area contributed by atoms with Crippen LogP contribution in [0.4, 0.5) is 13.2 Å². The van der Waals surface area contributed by atoms with Crippen LogP contribution in [0.5, 0.6) is 5.75 Å². The number of amides is 2. The molecular weight excluding hydrogens is 499 g/mol. The van der Waals surface area contributed by atoms with Gasteiger partial charge in [0.25, 0.3) is 0 Å². The molecule has 0 aliphatic carbocycles. The van der Waals surface area contributed by atoms with Gasteiger partial charge in [0.15, 0.2) is 0 Å². The first-order valence-corrected chi connectivity index (χ1v) is 12.7. The second kappa shape index (κ2) is 11.3. The summed E-state index contributed by atoms with van der Waals surface area (Å²) in [6.45, 7) is 1.36. The first-order valence-electron chi connectivity index (χ1n) is 11.3. The fourth-order valence-electron chi connectivity index (χ4n) is 4.07. The van der Waals surface area contributed by atoms with Crippen molar-refractivity contribution in [2.75, 3.05) is 20.2 Å². The Hall–Kier alpha value is -3.12. The highest BCUT2D eigenvalue weighted by Crippen LogP contribution is 2.31. The van der Waals surface area contributed by atoms with Crippen LogP contribution in [0.2, 0.25) is 0 Å². The number of carbonyl (C=O) groups excluding carboxylic acids is 2. The van der Waals surface area contributed by atoms with Crippen LogP contribution >= 0.6 is 0 Å². The lowest BCUT2D eigenvalue weighted by molar-refractivity contribution is -0.137. The number of alkyl halides is 3. The van der Waals surface area contributed by atoms with Crippen LogP contribution in [0.25, 0.3) is 0 Å². The molecule has 0 aromatic heterocycles. The van der Waals surface area contributed by atoms with E-state index in [1.165, 1.54) is 14.0 Å². The van der Waals surface area contributed by atoms with E-state index in [1.807, 2.05) is 0 Å². The Morgan fingerprint density at radius 1 is 1.11 bits per heavy atom. The van der Waals surface area contributed by atoms with E-state index < -0.39 is 38.6 Å². The van der Waals surface area contributed by atoms with Crippen molar-refractivity contribution < 1.29 is 35.9 Å². The third kappa shape index (κ3) is 6.76. The van der Waals surface area contributed by atoms with E-state index in [0.29, 0.717) is 11.8 Å². The van der Waals surface area contributed by atoms with Gasteiger partial charge in [-0.2, -0.15) is 17.5 Å². The Bertz CT molecular complexity index is 1200. The number of sulfonamides is 1. The Balaban J connectivity index is 1.65. The molecule has 0 spiro atoms. The monoisotopic (exact) mass is 527 g/mol. The summed E-state index contributed by atoms with van der Waals surface area (Å²) < 4.78 is 71.3. The minimum Gasteiger partial charge on any atom is -0.496 e. The Labute approximate surface area is 207 Å². The Morgan fingerprint density at radius 2 is 1.78 bits per heavy atom. The van der Waals surface area contributed by atoms with E-state index in [0.717, 1.165) is 28.1 Å². The minimum atomic E-state index is -4.66. The van der Waals surface area contributed by atoms with Crippen molar-refractivity contribution in [3.8, 4) is 5.75 Å². The number of nitrogens with one attached hydrogen (secondary N) is 2. The van der Waals surface area contributed by atoms with E-state index in [9.17, 15) is 31.2 Å². The van der Waals surface area contributed by atoms with Gasteiger partial charge in [0, 0.05) is 32.5 Å². The van der Waals surface area contributed by atoms with Gasteiger partial charge in [-0.05, 0) is 42.7 Å². The number of para-hydroxylation sites is 1. The zero-order chi connectivity index (χ0) is 26.5. The second-order valence-corrected chi connectivity index (χ2v) is 10.4. The zero-order valence-electron chi connectivity index (χ0n) is 19.8. The summed E-state index contributed by atoms with van der Waals surface area (Å²) in [6.07, 6.45) is -3.92. The highest BCUT2D eigenvalue weighted by atomic mass is 32.2. The smallest absolute Gasteiger partial charge is 0.416 e. The van der Waals surface area contributed by atoms with Crippen molar-refractivity contribution >= 4 is 21.8 Å². The molecule has 196 valence electrons. The summed E-state index contributed by atoms with van der Waals surface area (Å²) in [4.78, 5) is 24.3. The maximum absolute atomic E-state index is 13.0. The molecule has 8 nitrogen and oxygen atoms in total. The molecule has 2 aromatic carbocycles. The number of benzene rings is 2. The molecule has 2 amide bonds. The highest BCUT2D eigenvalue weighted by molar-refractivity contribution is 7.89. The van der Waals surface area contributed by atoms with Crippen molar-refractivity contribution in [3.63, 3.8) is 0 Å². The van der Waals surface area contributed by atoms with Crippen LogP contribution in [-0.4, -0.2) is 56.8 Å². The number of methoxy groups -OCH3 is 1. The number of hydrogen-bond acceptors (Lipinski definition) is 5. The van der Waals surface area contributed by atoms with E-state index in [-0.39, 0.29) is 44.3 Å². The topological polar surface area (TPSA) is 105 Å². The third-order valence-electron chi connectivity index (χ3n) is 5.91. The number of ether oxygens (including phenoxy) is 1. The predicted molar refractivity (Wildman–Crippen MR) is 126 cm³/mol. The number of halogens is 3. The number of hydrogen-bond donors (Lipinski definition) is 2. The fourth-order valence-corrected chi connectivity index (χ4v) is 5.59. The molecule has 1 aliphatic heterocycles. The summed E-state index contributed by atoms with van der Waals surface area (Å²) in [5.41, 5.74) is -0.305. The molecule has 2 aromatic rings. The third-order valence-corrected chi connectivity index (χ3v) is 7.80. The van der Waals surface area contributed by atoms with Gasteiger partial charge in [-0.3, -0.25) is 9.59 Å². The average Bonchev–Trinajstić information content (AvgIpc) is 2.83. The Kier molecular flexibility index (Phi) is 8.62. The molecule has 1 fully saturated rings. The molecule has 2 N–H and O–H groups in total. The lowest BCUT2D eigenvalue weighted by atomic mass is 10.0. The molecule has 0 saturated carbocycles. The first-order chi connectivity index (χ1) is 16.9. The average molecular weight is 528 g/mol. The van der Waals surface area contributed by atoms with Crippen molar-refractivity contribution in [3.05, 3.63) is 59.7 Å². The fraction of sp³-hybridized carbons (Fsp3) is 0.417. The number of rotatable bonds is 8. The zero-order valence-corrected chi connectivity index (χ0v) is 20.7. The van der Waals surface area contributed by atoms with E-state index >= 15 is 0 Å². The van der Waals surface area contributed by atoms with Gasteiger partial charge < -0.3 is 15.4 Å². The molecule has 0 bridgehead atoms. The van der Waals surface area contributed by atoms with Crippen molar-refractivity contribution in [1.29, 1.82) is 0 Å². The molecule has 1 atom stereocenters. The Morgan fingerprint density at radius 3 is 2.39 bits per heavy atom. The molecule has 1 saturated heterocycles. The molecule has 12 heteroatoms. The van der Waals surface area contributed by atoms with Gasteiger partial charge in [-0.1, -0.05) is 24.3 Å². The quantitative estimate of drug-likeness (QED) is 0.550. The van der Waals surface area contributed by atoms with Gasteiger partial charge in [0.2, 0.25) is 21.8 Å². The molecule has 3 rings (SSSR count). The van der Waals surface area contributed by atoms with E-state index in [1.54, 1.807) is 24.3 Å². The standard InChI is InChI=1S/C24H28F3N3O5S/c1-16(31)28-21(14-17-6-3-4-9-22(17)35-2)23(32)29-19-10-12-30(13-11-19)36(33,34)20-8-5-7-18(15-20)24(25,26)27/h3-9,15,19,21H,10-14H2,1-2H3,(H,28,31)(H,29,32)/t21-/m1/s1. The lowest BCUT2D eigenvalue weighted by Gasteiger charge is -2.32. The van der Waals surface area contributed by atoms with Gasteiger partial charge >= 0.3 is 6.18 Å². The molecule has 36 heavy (non-hydrogen) atoms. The predicted octanol–water partition coefficient (Wildman–Crippen LogP) is 2.73. The van der Waals surface area contributed by atoms with Crippen molar-refractivity contribution in [2.45, 2.75) is 49.3 Å². The van der Waals surface area contributed by atoms with E-state index in [2.05, 4.69) is 10.6 Å². The summed E-state index contributed by atoms with van der Waals surface area (Å²) in [6, 6.07) is 9.52. The van der Waals surface area contributed by atoms with Crippen LogP contribution < -0.4 is 15.4 Å². The van der Waals surface area contributed by atoms with Crippen LogP contribution in [-0.2, 0) is 32.2 Å². The van der Waals surface area contributed by atoms with Crippen LogP contribution in [0, 0.1) is 0 Å². The van der Waals surface area contributed by atoms with Crippen LogP contribution in [0.1, 0.15) is 30.9 Å². The largest absolute Gasteiger partial charge is 0.496 e. The number of nitrogens with zero attached hydrogens (tertiary/aromatic N) is 1. The summed E-state index contributed by atoms with van der Waals surface area (Å²) in [7, 11) is -2.62. The SMILES string of the molecule is COc1ccccc1C[C@@H](NC(C)=O)C(=O)NC1CCN(S(=O)(=O)c2cccc(C(F)(F)F)c2)CC1. The first kappa shape index (κ1) is 27.5. The highest BCUT2D eigenvalue weighted by Gasteiger charge is 2.35. The molecular formula is C24H28F3N3O5S. The van der Waals surface area contributed by atoms with Gasteiger partial charge in [0.05, 0.1) is 17.6 Å². The molecule has 1 heterocycles. The van der Waals surface area contributed by atoms with Crippen LogP contribution in [0.3, 0.4) is 0 Å². The summed E-state index contributed by atoms with van der Waals surface area (Å²) >= 11 is 0. The van der Waals surface area contributed by atoms with Gasteiger partial charge in [-0.25, -0.2) is 8.42 Å². The molecule has 0 unspecified atom stereocenters. The van der Waals surface area contributed by atoms with E-state index in [4.69, 9.17) is 4.74 Å². The van der Waals surface area contributed by atoms with Gasteiger partial charge in [-0.15, -0.1) is 0 Å². The number of piperidine rings is 1. The lowest BCUT2D eigenvalue weighted by Crippen LogP contribution is -2.53. The molecule has 1 aliphatic rings. The summed E-state index contributed by atoms with van der Waals surface area (Å²) in [5, 5.41) is 5.49. The van der Waals surface area contributed by atoms with Crippen LogP contribution in [0.15, 0.2) is 53.4 Å². The minimum absolute atomic E-state index is 0.0286. The molecule has 0 radical (unpaired) electrons. The summed E-state index contributed by atoms with van der Waals surface area (Å²) in [5.74, 6) is -0.226. The number of carbonyl (C=O) groups is 2. The van der Waals surface area contributed by atoms with Crippen molar-refractivity contribution in [2.24, 2.45) is 0 Å². The second-order valence-electron chi connectivity index (χ2n) is 8.48.